The molecule has 0 bridgehead atoms. The first-order valence-electron chi connectivity index (χ1n) is 15.6. The highest BCUT2D eigenvalue weighted by Crippen LogP contribution is 2.27. The number of para-hydroxylation sites is 2. The maximum Gasteiger partial charge on any atom is 0.412 e. The number of ether oxygens (including phenoxy) is 2. The molecule has 240 valence electrons. The lowest BCUT2D eigenvalue weighted by Crippen LogP contribution is -2.17. The van der Waals surface area contributed by atoms with Gasteiger partial charge in [0.1, 0.15) is 12.2 Å². The SMILES string of the molecule is O=C(Nc1ccccc1)OC(CC/C=C/CCC(OC(=O)Nc1ccccc1)c1ccc(CCO)cc1)c1ccc(CCO)cc1. The van der Waals surface area contributed by atoms with Crippen LogP contribution in [0.25, 0.3) is 0 Å². The van der Waals surface area contributed by atoms with Gasteiger partial charge in [0.15, 0.2) is 0 Å². The molecule has 8 heteroatoms. The average molecular weight is 623 g/mol. The zero-order valence-corrected chi connectivity index (χ0v) is 25.9. The van der Waals surface area contributed by atoms with Crippen LogP contribution in [0.1, 0.15) is 60.1 Å². The quantitative estimate of drug-likeness (QED) is 0.0937. The van der Waals surface area contributed by atoms with Crippen molar-refractivity contribution in [3.8, 4) is 0 Å². The predicted octanol–water partition coefficient (Wildman–Crippen LogP) is 8.15. The molecule has 0 saturated heterocycles. The number of carbonyl (C=O) groups is 2. The van der Waals surface area contributed by atoms with E-state index in [2.05, 4.69) is 22.8 Å². The van der Waals surface area contributed by atoms with Crippen LogP contribution >= 0.6 is 0 Å². The van der Waals surface area contributed by atoms with Crippen molar-refractivity contribution in [1.29, 1.82) is 0 Å². The molecule has 0 aromatic heterocycles. The molecule has 0 aliphatic rings. The van der Waals surface area contributed by atoms with Gasteiger partial charge in [-0.2, -0.15) is 0 Å². The van der Waals surface area contributed by atoms with E-state index < -0.39 is 24.4 Å². The largest absolute Gasteiger partial charge is 0.441 e. The van der Waals surface area contributed by atoms with E-state index in [0.717, 1.165) is 22.3 Å². The van der Waals surface area contributed by atoms with E-state index in [9.17, 15) is 19.8 Å². The summed E-state index contributed by atoms with van der Waals surface area (Å²) in [7, 11) is 0. The van der Waals surface area contributed by atoms with Gasteiger partial charge in [-0.1, -0.05) is 97.1 Å². The fourth-order valence-corrected chi connectivity index (χ4v) is 4.97. The van der Waals surface area contributed by atoms with E-state index in [4.69, 9.17) is 9.47 Å². The number of anilines is 2. The molecule has 4 N–H and O–H groups in total. The topological polar surface area (TPSA) is 117 Å². The van der Waals surface area contributed by atoms with E-state index in [-0.39, 0.29) is 13.2 Å². The van der Waals surface area contributed by atoms with Crippen LogP contribution in [0.4, 0.5) is 21.0 Å². The van der Waals surface area contributed by atoms with Crippen LogP contribution in [0.2, 0.25) is 0 Å². The van der Waals surface area contributed by atoms with E-state index in [1.54, 1.807) is 24.3 Å². The van der Waals surface area contributed by atoms with Crippen molar-refractivity contribution >= 4 is 23.6 Å². The van der Waals surface area contributed by atoms with E-state index in [1.165, 1.54) is 0 Å². The summed E-state index contributed by atoms with van der Waals surface area (Å²) >= 11 is 0. The average Bonchev–Trinajstić information content (AvgIpc) is 3.07. The lowest BCUT2D eigenvalue weighted by atomic mass is 10.0. The molecule has 4 aromatic carbocycles. The second kappa shape index (κ2) is 18.8. The number of nitrogens with one attached hydrogen (secondary N) is 2. The van der Waals surface area contributed by atoms with Crippen molar-refractivity contribution in [1.82, 2.24) is 0 Å². The van der Waals surface area contributed by atoms with Gasteiger partial charge in [-0.05, 0) is 85.0 Å². The minimum atomic E-state index is -0.529. The summed E-state index contributed by atoms with van der Waals surface area (Å²) in [6.07, 6.45) is 5.72. The fraction of sp³-hybridized carbons (Fsp3) is 0.263. The molecule has 4 aromatic rings. The molecule has 2 unspecified atom stereocenters. The third kappa shape index (κ3) is 11.5. The number of hydrogen-bond donors (Lipinski definition) is 4. The molecule has 4 rings (SSSR count). The zero-order valence-electron chi connectivity index (χ0n) is 25.9. The molecule has 0 radical (unpaired) electrons. The molecular formula is C38H42N2O6. The normalized spacial score (nSPS) is 12.3. The van der Waals surface area contributed by atoms with Crippen LogP contribution in [0.5, 0.6) is 0 Å². The summed E-state index contributed by atoms with van der Waals surface area (Å²) in [5, 5.41) is 24.1. The molecule has 0 aliphatic heterocycles. The number of aliphatic hydroxyl groups excluding tert-OH is 2. The van der Waals surface area contributed by atoms with Crippen LogP contribution in [-0.2, 0) is 22.3 Å². The first kappa shape index (κ1) is 34.0. The Kier molecular flexibility index (Phi) is 13.9. The first-order valence-corrected chi connectivity index (χ1v) is 15.6. The van der Waals surface area contributed by atoms with E-state index in [1.807, 2.05) is 84.9 Å². The first-order chi connectivity index (χ1) is 22.5. The Hall–Kier alpha value is -4.92. The molecule has 0 heterocycles. The van der Waals surface area contributed by atoms with E-state index in [0.29, 0.717) is 49.9 Å². The summed E-state index contributed by atoms with van der Waals surface area (Å²) in [5.41, 5.74) is 5.08. The molecule has 0 aliphatic carbocycles. The standard InChI is InChI=1S/C38H42N2O6/c41-27-25-29-17-21-31(22-18-29)35(45-37(43)39-33-11-5-3-6-12-33)15-9-1-2-10-16-36(32-23-19-30(20-24-32)26-28-42)46-38(44)40-34-13-7-4-8-14-34/h1-8,11-14,17-24,35-36,41-42H,9-10,15-16,25-28H2,(H,39,43)(H,40,44)/b2-1+. The van der Waals surface area contributed by atoms with Crippen molar-refractivity contribution < 1.29 is 29.3 Å². The molecule has 2 atom stereocenters. The second-order valence-electron chi connectivity index (χ2n) is 10.8. The van der Waals surface area contributed by atoms with E-state index >= 15 is 0 Å². The Morgan fingerprint density at radius 3 is 1.28 bits per heavy atom. The minimum Gasteiger partial charge on any atom is -0.441 e. The fourth-order valence-electron chi connectivity index (χ4n) is 4.97. The highest BCUT2D eigenvalue weighted by atomic mass is 16.6. The van der Waals surface area contributed by atoms with Gasteiger partial charge in [0.2, 0.25) is 0 Å². The summed E-state index contributed by atoms with van der Waals surface area (Å²) in [4.78, 5) is 25.5. The van der Waals surface area contributed by atoms with Gasteiger partial charge in [-0.25, -0.2) is 9.59 Å². The van der Waals surface area contributed by atoms with Gasteiger partial charge >= 0.3 is 12.2 Å². The number of amides is 2. The number of carbonyl (C=O) groups excluding carboxylic acids is 2. The lowest BCUT2D eigenvalue weighted by molar-refractivity contribution is 0.105. The highest BCUT2D eigenvalue weighted by Gasteiger charge is 2.18. The van der Waals surface area contributed by atoms with Crippen molar-refractivity contribution in [2.75, 3.05) is 23.8 Å². The van der Waals surface area contributed by atoms with Crippen LogP contribution in [0.3, 0.4) is 0 Å². The molecular weight excluding hydrogens is 580 g/mol. The molecule has 0 saturated carbocycles. The zero-order chi connectivity index (χ0) is 32.4. The van der Waals surface area contributed by atoms with Gasteiger partial charge in [0.05, 0.1) is 0 Å². The number of hydrogen-bond acceptors (Lipinski definition) is 6. The minimum absolute atomic E-state index is 0.0716. The lowest BCUT2D eigenvalue weighted by Gasteiger charge is -2.19. The van der Waals surface area contributed by atoms with Crippen LogP contribution in [-0.4, -0.2) is 35.6 Å². The van der Waals surface area contributed by atoms with Gasteiger partial charge in [0, 0.05) is 24.6 Å². The third-order valence-corrected chi connectivity index (χ3v) is 7.40. The predicted molar refractivity (Wildman–Crippen MR) is 181 cm³/mol. The van der Waals surface area contributed by atoms with Crippen LogP contribution in [0, 0.1) is 0 Å². The summed E-state index contributed by atoms with van der Waals surface area (Å²) < 4.78 is 11.7. The third-order valence-electron chi connectivity index (χ3n) is 7.40. The number of aliphatic hydroxyl groups is 2. The highest BCUT2D eigenvalue weighted by molar-refractivity contribution is 5.85. The molecule has 46 heavy (non-hydrogen) atoms. The number of benzene rings is 4. The Morgan fingerprint density at radius 2 is 0.935 bits per heavy atom. The number of allylic oxidation sites excluding steroid dienone is 2. The Bertz CT molecular complexity index is 1380. The van der Waals surface area contributed by atoms with Crippen molar-refractivity contribution in [2.24, 2.45) is 0 Å². The Balaban J connectivity index is 1.36. The molecule has 8 nitrogen and oxygen atoms in total. The van der Waals surface area contributed by atoms with Gasteiger partial charge in [-0.15, -0.1) is 0 Å². The number of rotatable bonds is 16. The van der Waals surface area contributed by atoms with Crippen molar-refractivity contribution in [3.05, 3.63) is 144 Å². The maximum atomic E-state index is 12.7. The van der Waals surface area contributed by atoms with Gasteiger partial charge in [0.25, 0.3) is 0 Å². The monoisotopic (exact) mass is 622 g/mol. The second-order valence-corrected chi connectivity index (χ2v) is 10.8. The molecule has 0 spiro atoms. The van der Waals surface area contributed by atoms with Crippen molar-refractivity contribution in [2.45, 2.75) is 50.7 Å². The molecule has 2 amide bonds. The van der Waals surface area contributed by atoms with Gasteiger partial charge in [-0.3, -0.25) is 10.6 Å². The Labute approximate surface area is 270 Å². The van der Waals surface area contributed by atoms with Crippen LogP contribution < -0.4 is 10.6 Å². The van der Waals surface area contributed by atoms with Crippen LogP contribution in [0.15, 0.2) is 121 Å². The van der Waals surface area contributed by atoms with Crippen molar-refractivity contribution in [3.63, 3.8) is 0 Å². The smallest absolute Gasteiger partial charge is 0.412 e. The van der Waals surface area contributed by atoms with Gasteiger partial charge < -0.3 is 19.7 Å². The molecule has 0 fully saturated rings. The summed E-state index contributed by atoms with van der Waals surface area (Å²) in [5.74, 6) is 0. The maximum absolute atomic E-state index is 12.7. The Morgan fingerprint density at radius 1 is 0.565 bits per heavy atom. The summed E-state index contributed by atoms with van der Waals surface area (Å²) in [6, 6.07) is 33.8. The summed E-state index contributed by atoms with van der Waals surface area (Å²) in [6.45, 7) is 0.143.